The first kappa shape index (κ1) is 24.5. The molecule has 1 unspecified atom stereocenters. The van der Waals surface area contributed by atoms with Gasteiger partial charge in [-0.3, -0.25) is 4.68 Å². The maximum Gasteiger partial charge on any atom is 0.269 e. The molecule has 1 aliphatic carbocycles. The number of aromatic nitrogens is 5. The van der Waals surface area contributed by atoms with Crippen molar-refractivity contribution in [2.45, 2.75) is 44.2 Å². The van der Waals surface area contributed by atoms with Crippen molar-refractivity contribution in [3.8, 4) is 0 Å². The van der Waals surface area contributed by atoms with Crippen molar-refractivity contribution in [3.63, 3.8) is 0 Å². The minimum Gasteiger partial charge on any atom is -0.383 e. The summed E-state index contributed by atoms with van der Waals surface area (Å²) in [6.45, 7) is 5.03. The van der Waals surface area contributed by atoms with Gasteiger partial charge < -0.3 is 15.4 Å². The van der Waals surface area contributed by atoms with Gasteiger partial charge >= 0.3 is 0 Å². The summed E-state index contributed by atoms with van der Waals surface area (Å²) < 4.78 is 35.0. The van der Waals surface area contributed by atoms with E-state index in [2.05, 4.69) is 32.6 Å². The Morgan fingerprint density at radius 3 is 2.64 bits per heavy atom. The molecule has 1 fully saturated rings. The molecular formula is C24H28ClN7O3S. The fourth-order valence-electron chi connectivity index (χ4n) is 4.01. The van der Waals surface area contributed by atoms with Crippen LogP contribution in [0.5, 0.6) is 0 Å². The standard InChI is InChI=1S/C24H28ClN7O3S/c1-15-4-8-18(9-5-15)36(33,34)32-11-10-19-22(26-16(2)17-6-7-17)28-24(29-23(19)32)27-20-14-31(12-13-35-3)30-21(20)25/h4-5,8-11,14,16-17H,6-7,12-13H2,1-3H3,(H2,26,27,28,29). The maximum atomic E-state index is 13.5. The van der Waals surface area contributed by atoms with E-state index in [1.165, 1.54) is 10.2 Å². The quantitative estimate of drug-likeness (QED) is 0.310. The first-order valence-electron chi connectivity index (χ1n) is 11.7. The summed E-state index contributed by atoms with van der Waals surface area (Å²) in [5.41, 5.74) is 1.75. The highest BCUT2D eigenvalue weighted by Gasteiger charge is 2.29. The fourth-order valence-corrected chi connectivity index (χ4v) is 5.49. The molecule has 3 aromatic heterocycles. The molecule has 3 heterocycles. The Balaban J connectivity index is 1.57. The van der Waals surface area contributed by atoms with E-state index in [9.17, 15) is 8.42 Å². The number of methoxy groups -OCH3 is 1. The number of rotatable bonds is 10. The predicted molar refractivity (Wildman–Crippen MR) is 139 cm³/mol. The summed E-state index contributed by atoms with van der Waals surface area (Å²) in [6.07, 6.45) is 5.57. The normalized spacial score (nSPS) is 14.8. The van der Waals surface area contributed by atoms with Crippen molar-refractivity contribution in [1.82, 2.24) is 23.7 Å². The lowest BCUT2D eigenvalue weighted by molar-refractivity contribution is 0.183. The van der Waals surface area contributed by atoms with E-state index in [0.717, 1.165) is 18.4 Å². The molecule has 0 amide bonds. The molecule has 1 aliphatic rings. The van der Waals surface area contributed by atoms with Crippen molar-refractivity contribution in [2.24, 2.45) is 5.92 Å². The first-order valence-corrected chi connectivity index (χ1v) is 13.5. The Morgan fingerprint density at radius 1 is 1.19 bits per heavy atom. The van der Waals surface area contributed by atoms with Gasteiger partial charge in [-0.15, -0.1) is 0 Å². The van der Waals surface area contributed by atoms with Gasteiger partial charge in [-0.25, -0.2) is 12.4 Å². The van der Waals surface area contributed by atoms with Crippen LogP contribution in [0.3, 0.4) is 0 Å². The Hall–Kier alpha value is -3.15. The van der Waals surface area contributed by atoms with Crippen LogP contribution in [-0.2, 0) is 21.3 Å². The van der Waals surface area contributed by atoms with Crippen LogP contribution in [0.2, 0.25) is 5.15 Å². The lowest BCUT2D eigenvalue weighted by atomic mass is 10.2. The number of benzene rings is 1. The molecule has 1 saturated carbocycles. The minimum atomic E-state index is -3.88. The smallest absolute Gasteiger partial charge is 0.269 e. The van der Waals surface area contributed by atoms with Crippen molar-refractivity contribution in [2.75, 3.05) is 24.4 Å². The average Bonchev–Trinajstić information content (AvgIpc) is 3.52. The molecule has 1 aromatic carbocycles. The van der Waals surface area contributed by atoms with Crippen molar-refractivity contribution < 1.29 is 13.2 Å². The number of nitrogens with one attached hydrogen (secondary N) is 2. The van der Waals surface area contributed by atoms with E-state index >= 15 is 0 Å². The molecule has 0 saturated heterocycles. The number of hydrogen-bond acceptors (Lipinski definition) is 8. The summed E-state index contributed by atoms with van der Waals surface area (Å²) in [5.74, 6) is 1.33. The Bertz CT molecular complexity index is 1490. The van der Waals surface area contributed by atoms with Crippen LogP contribution in [0.1, 0.15) is 25.3 Å². The van der Waals surface area contributed by atoms with Crippen LogP contribution < -0.4 is 10.6 Å². The average molecular weight is 530 g/mol. The molecular weight excluding hydrogens is 502 g/mol. The lowest BCUT2D eigenvalue weighted by Gasteiger charge is -2.16. The number of anilines is 3. The SMILES string of the molecule is COCCn1cc(Nc2nc(NC(C)C3CC3)c3ccn(S(=O)(=O)c4ccc(C)cc4)c3n2)c(Cl)n1. The van der Waals surface area contributed by atoms with Crippen LogP contribution in [0.25, 0.3) is 11.0 Å². The van der Waals surface area contributed by atoms with E-state index in [-0.39, 0.29) is 27.7 Å². The molecule has 2 N–H and O–H groups in total. The van der Waals surface area contributed by atoms with E-state index in [1.807, 2.05) is 6.92 Å². The van der Waals surface area contributed by atoms with E-state index < -0.39 is 10.0 Å². The third-order valence-electron chi connectivity index (χ3n) is 6.27. The van der Waals surface area contributed by atoms with Crippen LogP contribution in [0.15, 0.2) is 47.6 Å². The molecule has 0 spiro atoms. The number of aryl methyl sites for hydroxylation is 1. The van der Waals surface area contributed by atoms with Gasteiger partial charge in [0.05, 0.1) is 35.3 Å². The third-order valence-corrected chi connectivity index (χ3v) is 8.23. The lowest BCUT2D eigenvalue weighted by Crippen LogP contribution is -2.19. The summed E-state index contributed by atoms with van der Waals surface area (Å²) in [7, 11) is -2.26. The molecule has 10 nitrogen and oxygen atoms in total. The highest BCUT2D eigenvalue weighted by atomic mass is 35.5. The molecule has 4 aromatic rings. The van der Waals surface area contributed by atoms with Gasteiger partial charge in [0.2, 0.25) is 5.95 Å². The minimum absolute atomic E-state index is 0.182. The van der Waals surface area contributed by atoms with E-state index in [1.54, 1.807) is 48.3 Å². The van der Waals surface area contributed by atoms with Gasteiger partial charge in [-0.2, -0.15) is 15.1 Å². The van der Waals surface area contributed by atoms with E-state index in [0.29, 0.717) is 36.0 Å². The number of halogens is 1. The van der Waals surface area contributed by atoms with Crippen LogP contribution >= 0.6 is 11.6 Å². The molecule has 1 atom stereocenters. The molecule has 5 rings (SSSR count). The second kappa shape index (κ2) is 9.72. The van der Waals surface area contributed by atoms with Crippen LogP contribution in [0, 0.1) is 12.8 Å². The zero-order valence-corrected chi connectivity index (χ0v) is 21.8. The number of fused-ring (bicyclic) bond motifs is 1. The second-order valence-electron chi connectivity index (χ2n) is 9.05. The highest BCUT2D eigenvalue weighted by Crippen LogP contribution is 2.36. The first-order chi connectivity index (χ1) is 17.3. The van der Waals surface area contributed by atoms with Gasteiger partial charge in [-0.05, 0) is 50.8 Å². The van der Waals surface area contributed by atoms with Gasteiger partial charge in [0.1, 0.15) is 5.82 Å². The number of hydrogen-bond donors (Lipinski definition) is 2. The van der Waals surface area contributed by atoms with Gasteiger partial charge in [0, 0.05) is 19.3 Å². The van der Waals surface area contributed by atoms with Crippen LogP contribution in [0.4, 0.5) is 17.5 Å². The second-order valence-corrected chi connectivity index (χ2v) is 11.2. The van der Waals surface area contributed by atoms with Crippen LogP contribution in [-0.4, -0.2) is 51.9 Å². The fraction of sp³-hybridized carbons (Fsp3) is 0.375. The number of nitrogens with zero attached hydrogens (tertiary/aromatic N) is 5. The zero-order valence-electron chi connectivity index (χ0n) is 20.3. The third kappa shape index (κ3) is 4.91. The molecule has 0 bridgehead atoms. The molecule has 0 radical (unpaired) electrons. The van der Waals surface area contributed by atoms with Gasteiger partial charge in [0.15, 0.2) is 10.8 Å². The summed E-state index contributed by atoms with van der Waals surface area (Å²) in [6, 6.07) is 8.65. The largest absolute Gasteiger partial charge is 0.383 e. The Morgan fingerprint density at radius 2 is 1.94 bits per heavy atom. The van der Waals surface area contributed by atoms with Crippen molar-refractivity contribution in [3.05, 3.63) is 53.4 Å². The topological polar surface area (TPSA) is 116 Å². The maximum absolute atomic E-state index is 13.5. The molecule has 36 heavy (non-hydrogen) atoms. The summed E-state index contributed by atoms with van der Waals surface area (Å²) >= 11 is 6.33. The van der Waals surface area contributed by atoms with E-state index in [4.69, 9.17) is 16.3 Å². The summed E-state index contributed by atoms with van der Waals surface area (Å²) in [4.78, 5) is 9.44. The molecule has 190 valence electrons. The van der Waals surface area contributed by atoms with Crippen molar-refractivity contribution in [1.29, 1.82) is 0 Å². The predicted octanol–water partition coefficient (Wildman–Crippen LogP) is 4.43. The molecule has 12 heteroatoms. The highest BCUT2D eigenvalue weighted by molar-refractivity contribution is 7.90. The number of ether oxygens (including phenoxy) is 1. The Labute approximate surface area is 214 Å². The molecule has 0 aliphatic heterocycles. The monoisotopic (exact) mass is 529 g/mol. The van der Waals surface area contributed by atoms with Crippen molar-refractivity contribution >= 4 is 50.1 Å². The zero-order chi connectivity index (χ0) is 25.4. The van der Waals surface area contributed by atoms with Gasteiger partial charge in [-0.1, -0.05) is 29.3 Å². The summed E-state index contributed by atoms with van der Waals surface area (Å²) in [5, 5.41) is 11.7. The van der Waals surface area contributed by atoms with Gasteiger partial charge in [0.25, 0.3) is 10.0 Å². The Kier molecular flexibility index (Phi) is 6.62.